The molecule has 1 rings (SSSR count). The minimum Gasteiger partial charge on any atom is -0.258 e. The summed E-state index contributed by atoms with van der Waals surface area (Å²) in [7, 11) is 0. The molecule has 0 unspecified atom stereocenters. The van der Waals surface area contributed by atoms with E-state index in [-0.39, 0.29) is 10.8 Å². The molecule has 1 aromatic heterocycles. The van der Waals surface area contributed by atoms with Crippen LogP contribution in [0.1, 0.15) is 5.69 Å². The molecule has 6 heteroatoms. The molecule has 0 amide bonds. The zero-order chi connectivity index (χ0) is 10.0. The van der Waals surface area contributed by atoms with Crippen LogP contribution in [0.25, 0.3) is 0 Å². The lowest BCUT2D eigenvalue weighted by molar-refractivity contribution is -0.387. The van der Waals surface area contributed by atoms with Crippen molar-refractivity contribution < 1.29 is 4.92 Å². The Labute approximate surface area is 84.5 Å². The Morgan fingerprint density at radius 1 is 1.69 bits per heavy atom. The summed E-state index contributed by atoms with van der Waals surface area (Å²) in [4.78, 5) is 14.4. The van der Waals surface area contributed by atoms with Gasteiger partial charge in [0.25, 0.3) is 0 Å². The van der Waals surface area contributed by atoms with Crippen LogP contribution >= 0.6 is 23.4 Å². The highest BCUT2D eigenvalue weighted by molar-refractivity contribution is 7.98. The van der Waals surface area contributed by atoms with Gasteiger partial charge < -0.3 is 0 Å². The normalized spacial score (nSPS) is 10.1. The fraction of sp³-hybridized carbons (Fsp3) is 0.286. The van der Waals surface area contributed by atoms with Crippen molar-refractivity contribution in [3.8, 4) is 0 Å². The van der Waals surface area contributed by atoms with Crippen LogP contribution in [-0.4, -0.2) is 16.2 Å². The second-order valence-corrected chi connectivity index (χ2v) is 3.57. The molecule has 0 bridgehead atoms. The van der Waals surface area contributed by atoms with Gasteiger partial charge in [0.1, 0.15) is 0 Å². The molecule has 0 saturated carbocycles. The summed E-state index contributed by atoms with van der Waals surface area (Å²) in [6, 6.07) is 1.65. The topological polar surface area (TPSA) is 56.0 Å². The van der Waals surface area contributed by atoms with Crippen molar-refractivity contribution in [1.82, 2.24) is 4.98 Å². The lowest BCUT2D eigenvalue weighted by atomic mass is 10.3. The zero-order valence-electron chi connectivity index (χ0n) is 7.07. The number of aromatic nitrogens is 1. The highest BCUT2D eigenvalue weighted by Crippen LogP contribution is 2.33. The summed E-state index contributed by atoms with van der Waals surface area (Å²) in [5.41, 5.74) is 0.569. The average molecular weight is 219 g/mol. The smallest absolute Gasteiger partial charge is 0.258 e. The minimum atomic E-state index is -0.513. The summed E-state index contributed by atoms with van der Waals surface area (Å²) >= 11 is 6.93. The van der Waals surface area contributed by atoms with Gasteiger partial charge in [0.15, 0.2) is 0 Å². The number of hydrogen-bond donors (Lipinski definition) is 0. The van der Waals surface area contributed by atoms with Gasteiger partial charge in [0, 0.05) is 5.69 Å². The second kappa shape index (κ2) is 3.93. The molecule has 0 aromatic carbocycles. The third kappa shape index (κ3) is 2.10. The maximum Gasteiger partial charge on any atom is 0.319 e. The van der Waals surface area contributed by atoms with Gasteiger partial charge in [-0.05, 0) is 19.2 Å². The molecule has 4 nitrogen and oxygen atoms in total. The Morgan fingerprint density at radius 2 is 2.31 bits per heavy atom. The Balaban J connectivity index is 3.38. The molecule has 0 saturated heterocycles. The van der Waals surface area contributed by atoms with E-state index < -0.39 is 4.92 Å². The van der Waals surface area contributed by atoms with Gasteiger partial charge in [0.2, 0.25) is 5.15 Å². The SMILES string of the molecule is CSc1cc(C)nc(Cl)c1[N+](=O)[O-]. The molecule has 13 heavy (non-hydrogen) atoms. The number of hydrogen-bond acceptors (Lipinski definition) is 4. The van der Waals surface area contributed by atoms with Crippen molar-refractivity contribution >= 4 is 29.1 Å². The fourth-order valence-corrected chi connectivity index (χ4v) is 1.93. The van der Waals surface area contributed by atoms with Gasteiger partial charge in [-0.1, -0.05) is 11.6 Å². The van der Waals surface area contributed by atoms with Gasteiger partial charge >= 0.3 is 5.69 Å². The molecule has 0 atom stereocenters. The van der Waals surface area contributed by atoms with Gasteiger partial charge in [-0.3, -0.25) is 10.1 Å². The first kappa shape index (κ1) is 10.3. The van der Waals surface area contributed by atoms with Gasteiger partial charge in [-0.2, -0.15) is 0 Å². The van der Waals surface area contributed by atoms with Crippen LogP contribution in [0.3, 0.4) is 0 Å². The maximum atomic E-state index is 10.6. The minimum absolute atomic E-state index is 0.0469. The van der Waals surface area contributed by atoms with Crippen molar-refractivity contribution in [2.75, 3.05) is 6.26 Å². The van der Waals surface area contributed by atoms with Crippen LogP contribution in [0.5, 0.6) is 0 Å². The molecular weight excluding hydrogens is 212 g/mol. The molecule has 0 spiro atoms. The molecule has 0 N–H and O–H groups in total. The summed E-state index contributed by atoms with van der Waals surface area (Å²) < 4.78 is 0. The Morgan fingerprint density at radius 3 is 2.77 bits per heavy atom. The van der Waals surface area contributed by atoms with Crippen molar-refractivity contribution in [2.24, 2.45) is 0 Å². The molecule has 0 fully saturated rings. The predicted molar refractivity (Wildman–Crippen MR) is 52.4 cm³/mol. The van der Waals surface area contributed by atoms with Crippen LogP contribution in [0.4, 0.5) is 5.69 Å². The third-order valence-corrected chi connectivity index (χ3v) is 2.46. The zero-order valence-corrected chi connectivity index (χ0v) is 8.65. The molecule has 0 aliphatic carbocycles. The number of halogens is 1. The van der Waals surface area contributed by atoms with Crippen LogP contribution in [0.2, 0.25) is 5.15 Å². The van der Waals surface area contributed by atoms with E-state index in [2.05, 4.69) is 4.98 Å². The lowest BCUT2D eigenvalue weighted by Crippen LogP contribution is -1.95. The molecule has 0 aliphatic heterocycles. The fourth-order valence-electron chi connectivity index (χ4n) is 0.921. The Bertz CT molecular complexity index is 357. The van der Waals surface area contributed by atoms with Crippen molar-refractivity contribution in [3.05, 3.63) is 27.0 Å². The number of thioether (sulfide) groups is 1. The van der Waals surface area contributed by atoms with E-state index >= 15 is 0 Å². The van der Waals surface area contributed by atoms with Crippen LogP contribution in [-0.2, 0) is 0 Å². The standard InChI is InChI=1S/C7H7ClN2O2S/c1-4-3-5(13-2)6(10(11)12)7(8)9-4/h3H,1-2H3. The van der Waals surface area contributed by atoms with Crippen LogP contribution < -0.4 is 0 Å². The number of nitrogens with zero attached hydrogens (tertiary/aromatic N) is 2. The van der Waals surface area contributed by atoms with Gasteiger partial charge in [0.05, 0.1) is 9.82 Å². The number of rotatable bonds is 2. The first-order valence-corrected chi connectivity index (χ1v) is 5.02. The summed E-state index contributed by atoms with van der Waals surface area (Å²) in [5.74, 6) is 0. The third-order valence-electron chi connectivity index (χ3n) is 1.45. The molecule has 0 aliphatic rings. The highest BCUT2D eigenvalue weighted by atomic mass is 35.5. The Hall–Kier alpha value is -0.810. The summed E-state index contributed by atoms with van der Waals surface area (Å²) in [6.07, 6.45) is 1.76. The molecule has 1 heterocycles. The van der Waals surface area contributed by atoms with Crippen molar-refractivity contribution in [3.63, 3.8) is 0 Å². The van der Waals surface area contributed by atoms with E-state index in [1.807, 2.05) is 0 Å². The van der Waals surface area contributed by atoms with E-state index in [0.717, 1.165) is 0 Å². The van der Waals surface area contributed by atoms with Crippen LogP contribution in [0, 0.1) is 17.0 Å². The quantitative estimate of drug-likeness (QED) is 0.332. The van der Waals surface area contributed by atoms with Crippen LogP contribution in [0.15, 0.2) is 11.0 Å². The molecule has 0 radical (unpaired) electrons. The molecule has 70 valence electrons. The van der Waals surface area contributed by atoms with E-state index in [9.17, 15) is 10.1 Å². The van der Waals surface area contributed by atoms with E-state index in [4.69, 9.17) is 11.6 Å². The van der Waals surface area contributed by atoms with Gasteiger partial charge in [-0.15, -0.1) is 11.8 Å². The highest BCUT2D eigenvalue weighted by Gasteiger charge is 2.19. The number of nitro groups is 1. The van der Waals surface area contributed by atoms with E-state index in [1.165, 1.54) is 11.8 Å². The van der Waals surface area contributed by atoms with E-state index in [0.29, 0.717) is 10.6 Å². The van der Waals surface area contributed by atoms with Crippen molar-refractivity contribution in [1.29, 1.82) is 0 Å². The predicted octanol–water partition coefficient (Wildman–Crippen LogP) is 2.67. The number of aryl methyl sites for hydroxylation is 1. The maximum absolute atomic E-state index is 10.6. The second-order valence-electron chi connectivity index (χ2n) is 2.36. The number of pyridine rings is 1. The van der Waals surface area contributed by atoms with Crippen molar-refractivity contribution in [2.45, 2.75) is 11.8 Å². The summed E-state index contributed by atoms with van der Waals surface area (Å²) in [5, 5.41) is 10.5. The first-order valence-electron chi connectivity index (χ1n) is 3.41. The average Bonchev–Trinajstić information content (AvgIpc) is 2.01. The molecular formula is C7H7ClN2O2S. The summed E-state index contributed by atoms with van der Waals surface area (Å²) in [6.45, 7) is 1.75. The monoisotopic (exact) mass is 218 g/mol. The molecule has 1 aromatic rings. The largest absolute Gasteiger partial charge is 0.319 e. The lowest BCUT2D eigenvalue weighted by Gasteiger charge is -2.01. The van der Waals surface area contributed by atoms with E-state index in [1.54, 1.807) is 19.2 Å². The first-order chi connectivity index (χ1) is 6.06. The van der Waals surface area contributed by atoms with Gasteiger partial charge in [-0.25, -0.2) is 4.98 Å². The Kier molecular flexibility index (Phi) is 3.11.